The van der Waals surface area contributed by atoms with Gasteiger partial charge in [-0.25, -0.2) is 4.99 Å². The number of nitrogens with two attached hydrogens (primary N) is 1. The summed E-state index contributed by atoms with van der Waals surface area (Å²) in [5, 5.41) is 7.42. The van der Waals surface area contributed by atoms with E-state index in [0.717, 1.165) is 12.1 Å². The lowest BCUT2D eigenvalue weighted by atomic mass is 10.2. The molecular formula is C20H24IN5O2. The normalized spacial score (nSPS) is 10.9. The molecule has 0 bridgehead atoms. The third kappa shape index (κ3) is 5.88. The van der Waals surface area contributed by atoms with E-state index in [1.807, 2.05) is 41.2 Å². The van der Waals surface area contributed by atoms with Gasteiger partial charge in [-0.2, -0.15) is 5.10 Å². The zero-order valence-electron chi connectivity index (χ0n) is 15.8. The number of rotatable bonds is 7. The second-order valence-electron chi connectivity index (χ2n) is 5.92. The van der Waals surface area contributed by atoms with Gasteiger partial charge in [0, 0.05) is 17.8 Å². The molecule has 3 aromatic rings. The van der Waals surface area contributed by atoms with Crippen molar-refractivity contribution in [1.29, 1.82) is 0 Å². The average Bonchev–Trinajstić information content (AvgIpc) is 3.14. The van der Waals surface area contributed by atoms with Gasteiger partial charge in [-0.1, -0.05) is 30.3 Å². The summed E-state index contributed by atoms with van der Waals surface area (Å²) in [6, 6.07) is 15.6. The van der Waals surface area contributed by atoms with Crippen LogP contribution in [0.3, 0.4) is 0 Å². The quantitative estimate of drug-likeness (QED) is 0.299. The number of nitrogens with one attached hydrogen (secondary N) is 1. The van der Waals surface area contributed by atoms with Gasteiger partial charge in [0.1, 0.15) is 11.5 Å². The molecule has 0 spiro atoms. The topological polar surface area (TPSA) is 86.7 Å². The van der Waals surface area contributed by atoms with E-state index in [0.29, 0.717) is 23.7 Å². The summed E-state index contributed by atoms with van der Waals surface area (Å²) in [5.41, 5.74) is 8.88. The molecule has 0 unspecified atom stereocenters. The molecule has 0 atom stereocenters. The first-order valence-electron chi connectivity index (χ1n) is 8.52. The second kappa shape index (κ2) is 10.5. The highest BCUT2D eigenvalue weighted by Crippen LogP contribution is 2.28. The standard InChI is InChI=1S/C20H23N5O2.HI/c1-26-17-8-9-19(27-2)18(10-17)24-20(21)22-11-16-12-23-25(14-16)13-15-6-4-3-5-7-15;/h3-10,12,14H,11,13H2,1-2H3,(H3,21,22,24);1H. The highest BCUT2D eigenvalue weighted by atomic mass is 127. The van der Waals surface area contributed by atoms with Gasteiger partial charge in [-0.3, -0.25) is 4.68 Å². The second-order valence-corrected chi connectivity index (χ2v) is 5.92. The predicted molar refractivity (Wildman–Crippen MR) is 122 cm³/mol. The van der Waals surface area contributed by atoms with Crippen LogP contribution in [0.2, 0.25) is 0 Å². The molecule has 0 fully saturated rings. The maximum atomic E-state index is 6.01. The number of benzene rings is 2. The first-order valence-corrected chi connectivity index (χ1v) is 8.52. The lowest BCUT2D eigenvalue weighted by Gasteiger charge is -2.12. The van der Waals surface area contributed by atoms with Gasteiger partial charge in [0.05, 0.1) is 39.2 Å². The first kappa shape index (κ1) is 21.5. The van der Waals surface area contributed by atoms with Crippen LogP contribution in [0, 0.1) is 0 Å². The Hall–Kier alpha value is -2.75. The lowest BCUT2D eigenvalue weighted by molar-refractivity contribution is 0.405. The van der Waals surface area contributed by atoms with Crippen molar-refractivity contribution in [2.75, 3.05) is 19.5 Å². The highest BCUT2D eigenvalue weighted by molar-refractivity contribution is 14.0. The molecule has 2 aromatic carbocycles. The summed E-state index contributed by atoms with van der Waals surface area (Å²) in [4.78, 5) is 4.37. The van der Waals surface area contributed by atoms with Crippen LogP contribution < -0.4 is 20.5 Å². The third-order valence-electron chi connectivity index (χ3n) is 3.98. The number of halogens is 1. The van der Waals surface area contributed by atoms with E-state index >= 15 is 0 Å². The fraction of sp³-hybridized carbons (Fsp3) is 0.200. The Morgan fingerprint density at radius 1 is 1.11 bits per heavy atom. The summed E-state index contributed by atoms with van der Waals surface area (Å²) in [7, 11) is 3.21. The van der Waals surface area contributed by atoms with E-state index in [1.54, 1.807) is 26.5 Å². The Labute approximate surface area is 181 Å². The van der Waals surface area contributed by atoms with Crippen LogP contribution in [0.5, 0.6) is 11.5 Å². The van der Waals surface area contributed by atoms with Crippen molar-refractivity contribution in [3.8, 4) is 11.5 Å². The molecule has 1 heterocycles. The number of aromatic nitrogens is 2. The number of aliphatic imine (C=N–C) groups is 1. The molecule has 0 saturated heterocycles. The van der Waals surface area contributed by atoms with Crippen molar-refractivity contribution in [2.24, 2.45) is 10.7 Å². The molecule has 0 aliphatic heterocycles. The van der Waals surface area contributed by atoms with E-state index in [2.05, 4.69) is 27.5 Å². The Bertz CT molecular complexity index is 912. The molecule has 0 aliphatic carbocycles. The van der Waals surface area contributed by atoms with Crippen molar-refractivity contribution < 1.29 is 9.47 Å². The SMILES string of the molecule is COc1ccc(OC)c(NC(N)=NCc2cnn(Cc3ccccc3)c2)c1.I. The van der Waals surface area contributed by atoms with Crippen molar-refractivity contribution in [2.45, 2.75) is 13.1 Å². The van der Waals surface area contributed by atoms with E-state index in [4.69, 9.17) is 15.2 Å². The number of anilines is 1. The van der Waals surface area contributed by atoms with E-state index in [9.17, 15) is 0 Å². The Balaban J connectivity index is 0.00000280. The fourth-order valence-electron chi connectivity index (χ4n) is 2.61. The minimum absolute atomic E-state index is 0. The first-order chi connectivity index (χ1) is 13.2. The number of hydrogen-bond donors (Lipinski definition) is 2. The number of methoxy groups -OCH3 is 2. The fourth-order valence-corrected chi connectivity index (χ4v) is 2.61. The van der Waals surface area contributed by atoms with Gasteiger partial charge < -0.3 is 20.5 Å². The Morgan fingerprint density at radius 3 is 2.61 bits per heavy atom. The van der Waals surface area contributed by atoms with Crippen LogP contribution in [0.1, 0.15) is 11.1 Å². The summed E-state index contributed by atoms with van der Waals surface area (Å²) in [6.07, 6.45) is 3.77. The number of hydrogen-bond acceptors (Lipinski definition) is 4. The van der Waals surface area contributed by atoms with E-state index in [1.165, 1.54) is 5.56 Å². The molecule has 7 nitrogen and oxygen atoms in total. The maximum absolute atomic E-state index is 6.01. The average molecular weight is 493 g/mol. The van der Waals surface area contributed by atoms with E-state index in [-0.39, 0.29) is 29.9 Å². The van der Waals surface area contributed by atoms with Gasteiger partial charge in [0.2, 0.25) is 0 Å². The van der Waals surface area contributed by atoms with Gasteiger partial charge in [-0.05, 0) is 17.7 Å². The lowest BCUT2D eigenvalue weighted by Crippen LogP contribution is -2.23. The van der Waals surface area contributed by atoms with Gasteiger partial charge in [-0.15, -0.1) is 24.0 Å². The summed E-state index contributed by atoms with van der Waals surface area (Å²) in [5.74, 6) is 1.65. The van der Waals surface area contributed by atoms with E-state index < -0.39 is 0 Å². The zero-order valence-corrected chi connectivity index (χ0v) is 18.2. The number of guanidine groups is 1. The van der Waals surface area contributed by atoms with Crippen molar-refractivity contribution >= 4 is 35.6 Å². The zero-order chi connectivity index (χ0) is 19.1. The summed E-state index contributed by atoms with van der Waals surface area (Å²) >= 11 is 0. The molecule has 8 heteroatoms. The van der Waals surface area contributed by atoms with Gasteiger partial charge in [0.25, 0.3) is 0 Å². The molecule has 3 N–H and O–H groups in total. The molecule has 28 heavy (non-hydrogen) atoms. The number of ether oxygens (including phenoxy) is 2. The summed E-state index contributed by atoms with van der Waals surface area (Å²) < 4.78 is 12.4. The number of nitrogens with zero attached hydrogens (tertiary/aromatic N) is 3. The smallest absolute Gasteiger partial charge is 0.193 e. The molecule has 0 amide bonds. The summed E-state index contributed by atoms with van der Waals surface area (Å²) in [6.45, 7) is 1.15. The van der Waals surface area contributed by atoms with Gasteiger partial charge in [0.15, 0.2) is 5.96 Å². The molecular weight excluding hydrogens is 469 g/mol. The minimum atomic E-state index is 0. The van der Waals surface area contributed by atoms with Crippen LogP contribution in [0.25, 0.3) is 0 Å². The Kier molecular flexibility index (Phi) is 8.12. The molecule has 0 aliphatic rings. The largest absolute Gasteiger partial charge is 0.497 e. The van der Waals surface area contributed by atoms with Gasteiger partial charge >= 0.3 is 0 Å². The Morgan fingerprint density at radius 2 is 1.89 bits per heavy atom. The van der Waals surface area contributed by atoms with Crippen molar-refractivity contribution in [1.82, 2.24) is 9.78 Å². The molecule has 1 aromatic heterocycles. The van der Waals surface area contributed by atoms with Crippen LogP contribution in [-0.2, 0) is 13.1 Å². The monoisotopic (exact) mass is 493 g/mol. The third-order valence-corrected chi connectivity index (χ3v) is 3.98. The molecule has 0 saturated carbocycles. The van der Waals surface area contributed by atoms with Crippen LogP contribution in [0.15, 0.2) is 65.9 Å². The minimum Gasteiger partial charge on any atom is -0.497 e. The van der Waals surface area contributed by atoms with Crippen molar-refractivity contribution in [3.63, 3.8) is 0 Å². The van der Waals surface area contributed by atoms with Crippen LogP contribution in [-0.4, -0.2) is 30.0 Å². The molecule has 148 valence electrons. The van der Waals surface area contributed by atoms with Crippen molar-refractivity contribution in [3.05, 3.63) is 72.1 Å². The van der Waals surface area contributed by atoms with Crippen LogP contribution >= 0.6 is 24.0 Å². The van der Waals surface area contributed by atoms with Crippen LogP contribution in [0.4, 0.5) is 5.69 Å². The molecule has 0 radical (unpaired) electrons. The predicted octanol–water partition coefficient (Wildman–Crippen LogP) is 3.49. The maximum Gasteiger partial charge on any atom is 0.193 e. The molecule has 3 rings (SSSR count). The highest BCUT2D eigenvalue weighted by Gasteiger charge is 2.06.